The Kier molecular flexibility index (Phi) is 5.59. The van der Waals surface area contributed by atoms with Crippen LogP contribution in [-0.2, 0) is 17.9 Å². The van der Waals surface area contributed by atoms with Crippen LogP contribution in [0.3, 0.4) is 0 Å². The number of hydrogen-bond acceptors (Lipinski definition) is 4. The molecule has 8 bridgehead atoms. The maximum atomic E-state index is 15.4. The predicted octanol–water partition coefficient (Wildman–Crippen LogP) is 8.02. The van der Waals surface area contributed by atoms with E-state index in [1.807, 2.05) is 26.2 Å². The highest BCUT2D eigenvalue weighted by atomic mass is 19.1. The Morgan fingerprint density at radius 2 is 1.21 bits per heavy atom. The van der Waals surface area contributed by atoms with Gasteiger partial charge in [-0.3, -0.25) is 4.68 Å². The van der Waals surface area contributed by atoms with E-state index in [1.54, 1.807) is 16.8 Å². The van der Waals surface area contributed by atoms with Gasteiger partial charge in [0.1, 0.15) is 11.5 Å². The fraction of sp³-hybridized carbons (Fsp3) is 0.639. The second-order valence-electron chi connectivity index (χ2n) is 15.5. The summed E-state index contributed by atoms with van der Waals surface area (Å²) in [4.78, 5) is 10.9. The van der Waals surface area contributed by atoms with Crippen LogP contribution in [-0.4, -0.2) is 26.4 Å². The highest BCUT2D eigenvalue weighted by molar-refractivity contribution is 5.72. The van der Waals surface area contributed by atoms with Crippen LogP contribution < -0.4 is 4.74 Å². The molecule has 8 fully saturated rings. The standard InChI is InChI=1S/C36H43FN4O/c1-3-42-30-20-41(2)40-33(30)27-10-28(12-29(37)11-27)34-38-31(35-14-21-4-22(15-35)6-23(5-21)16-35)13-32(39-34)36-17-24-7-25(18-36)9-26(8-24)19-36/h10-13,20-26H,3-9,14-19H2,1-2H3. The van der Waals surface area contributed by atoms with Gasteiger partial charge in [-0.1, -0.05) is 0 Å². The lowest BCUT2D eigenvalue weighted by Gasteiger charge is -2.58. The third-order valence-corrected chi connectivity index (χ3v) is 12.4. The van der Waals surface area contributed by atoms with Gasteiger partial charge in [-0.05, 0) is 144 Å². The number of benzene rings is 1. The van der Waals surface area contributed by atoms with Crippen molar-refractivity contribution in [3.05, 3.63) is 47.7 Å². The van der Waals surface area contributed by atoms with Gasteiger partial charge in [0.2, 0.25) is 0 Å². The number of rotatable bonds is 6. The summed E-state index contributed by atoms with van der Waals surface area (Å²) < 4.78 is 23.0. The average Bonchev–Trinajstić information content (AvgIpc) is 3.31. The average molecular weight is 567 g/mol. The first-order valence-corrected chi connectivity index (χ1v) is 16.7. The molecular weight excluding hydrogens is 523 g/mol. The molecule has 5 nitrogen and oxygen atoms in total. The van der Waals surface area contributed by atoms with E-state index in [1.165, 1.54) is 88.4 Å². The summed E-state index contributed by atoms with van der Waals surface area (Å²) in [6.07, 6.45) is 18.0. The molecule has 0 atom stereocenters. The molecule has 0 spiro atoms. The molecule has 8 saturated carbocycles. The van der Waals surface area contributed by atoms with Crippen LogP contribution in [0.1, 0.15) is 95.4 Å². The first-order valence-electron chi connectivity index (χ1n) is 16.7. The molecule has 220 valence electrons. The molecule has 2 heterocycles. The van der Waals surface area contributed by atoms with Crippen molar-refractivity contribution < 1.29 is 9.13 Å². The molecule has 0 unspecified atom stereocenters. The lowest BCUT2D eigenvalue weighted by atomic mass is 9.47. The predicted molar refractivity (Wildman–Crippen MR) is 160 cm³/mol. The number of nitrogens with zero attached hydrogens (tertiary/aromatic N) is 4. The van der Waals surface area contributed by atoms with E-state index < -0.39 is 0 Å². The SMILES string of the molecule is CCOc1cn(C)nc1-c1cc(F)cc(-c2nc(C34CC5CC(CC(C5)C3)C4)cc(C34CC5CC(CC(C5)C3)C4)n2)c1. The van der Waals surface area contributed by atoms with Gasteiger partial charge in [0.25, 0.3) is 0 Å². The van der Waals surface area contributed by atoms with Gasteiger partial charge in [-0.25, -0.2) is 14.4 Å². The molecule has 8 aliphatic carbocycles. The van der Waals surface area contributed by atoms with E-state index in [-0.39, 0.29) is 16.6 Å². The quantitative estimate of drug-likeness (QED) is 0.303. The summed E-state index contributed by atoms with van der Waals surface area (Å²) in [6, 6.07) is 7.72. The molecule has 8 aliphatic rings. The van der Waals surface area contributed by atoms with Crippen LogP contribution >= 0.6 is 0 Å². The summed E-state index contributed by atoms with van der Waals surface area (Å²) in [6.45, 7) is 2.50. The van der Waals surface area contributed by atoms with Crippen molar-refractivity contribution in [1.29, 1.82) is 0 Å². The summed E-state index contributed by atoms with van der Waals surface area (Å²) >= 11 is 0. The Labute approximate surface area is 248 Å². The number of aryl methyl sites for hydroxylation is 1. The number of ether oxygens (including phenoxy) is 1. The molecule has 0 N–H and O–H groups in total. The van der Waals surface area contributed by atoms with Crippen molar-refractivity contribution >= 4 is 0 Å². The zero-order valence-electron chi connectivity index (χ0n) is 25.1. The summed E-state index contributed by atoms with van der Waals surface area (Å²) in [5, 5.41) is 4.65. The number of hydrogen-bond donors (Lipinski definition) is 0. The van der Waals surface area contributed by atoms with Crippen LogP contribution in [0.2, 0.25) is 0 Å². The minimum absolute atomic E-state index is 0.169. The first kappa shape index (κ1) is 25.7. The maximum absolute atomic E-state index is 15.4. The van der Waals surface area contributed by atoms with E-state index in [0.29, 0.717) is 29.4 Å². The van der Waals surface area contributed by atoms with Crippen molar-refractivity contribution in [2.24, 2.45) is 42.6 Å². The fourth-order valence-electron chi connectivity index (χ4n) is 11.8. The van der Waals surface area contributed by atoms with Gasteiger partial charge >= 0.3 is 0 Å². The molecule has 0 saturated heterocycles. The molecule has 3 aromatic rings. The highest BCUT2D eigenvalue weighted by Gasteiger charge is 2.55. The van der Waals surface area contributed by atoms with Gasteiger partial charge in [0, 0.05) is 29.0 Å². The molecule has 11 rings (SSSR count). The molecule has 6 heteroatoms. The van der Waals surface area contributed by atoms with Gasteiger partial charge in [0.15, 0.2) is 11.6 Å². The normalized spacial score (nSPS) is 37.5. The van der Waals surface area contributed by atoms with Crippen LogP contribution in [0, 0.1) is 41.3 Å². The molecule has 0 aliphatic heterocycles. The lowest BCUT2D eigenvalue weighted by Crippen LogP contribution is -2.50. The van der Waals surface area contributed by atoms with Gasteiger partial charge in [0.05, 0.1) is 24.2 Å². The Bertz CT molecular complexity index is 1420. The lowest BCUT2D eigenvalue weighted by molar-refractivity contribution is -0.0110. The number of halogens is 1. The summed E-state index contributed by atoms with van der Waals surface area (Å²) in [5.74, 6) is 6.19. The van der Waals surface area contributed by atoms with Crippen molar-refractivity contribution in [2.45, 2.75) is 94.8 Å². The summed E-state index contributed by atoms with van der Waals surface area (Å²) in [7, 11) is 1.88. The van der Waals surface area contributed by atoms with E-state index in [2.05, 4.69) is 11.2 Å². The molecule has 0 radical (unpaired) electrons. The minimum atomic E-state index is -0.282. The summed E-state index contributed by atoms with van der Waals surface area (Å²) in [5.41, 5.74) is 5.03. The smallest absolute Gasteiger partial charge is 0.165 e. The first-order chi connectivity index (χ1) is 20.3. The van der Waals surface area contributed by atoms with E-state index in [4.69, 9.17) is 14.7 Å². The fourth-order valence-corrected chi connectivity index (χ4v) is 11.8. The van der Waals surface area contributed by atoms with Crippen LogP contribution in [0.5, 0.6) is 5.75 Å². The van der Waals surface area contributed by atoms with E-state index in [9.17, 15) is 0 Å². The van der Waals surface area contributed by atoms with Crippen molar-refractivity contribution in [1.82, 2.24) is 19.7 Å². The molecule has 0 amide bonds. The van der Waals surface area contributed by atoms with Gasteiger partial charge in [-0.15, -0.1) is 0 Å². The van der Waals surface area contributed by atoms with Crippen LogP contribution in [0.15, 0.2) is 30.5 Å². The Morgan fingerprint density at radius 3 is 1.69 bits per heavy atom. The molecule has 2 aromatic heterocycles. The minimum Gasteiger partial charge on any atom is -0.490 e. The van der Waals surface area contributed by atoms with Crippen molar-refractivity contribution in [3.8, 4) is 28.4 Å². The Morgan fingerprint density at radius 1 is 0.738 bits per heavy atom. The van der Waals surface area contributed by atoms with Gasteiger partial charge in [-0.2, -0.15) is 5.10 Å². The zero-order valence-corrected chi connectivity index (χ0v) is 25.1. The van der Waals surface area contributed by atoms with Crippen molar-refractivity contribution in [2.75, 3.05) is 6.61 Å². The van der Waals surface area contributed by atoms with E-state index >= 15 is 4.39 Å². The zero-order chi connectivity index (χ0) is 28.2. The second-order valence-corrected chi connectivity index (χ2v) is 15.5. The highest BCUT2D eigenvalue weighted by Crippen LogP contribution is 2.63. The molecule has 1 aromatic carbocycles. The second kappa shape index (κ2) is 9.12. The molecule has 42 heavy (non-hydrogen) atoms. The Balaban J connectivity index is 1.20. The third-order valence-electron chi connectivity index (χ3n) is 12.4. The van der Waals surface area contributed by atoms with Crippen LogP contribution in [0.25, 0.3) is 22.6 Å². The Hall–Kier alpha value is -2.76. The van der Waals surface area contributed by atoms with Crippen LogP contribution in [0.4, 0.5) is 4.39 Å². The largest absolute Gasteiger partial charge is 0.490 e. The van der Waals surface area contributed by atoms with Gasteiger partial charge < -0.3 is 4.74 Å². The monoisotopic (exact) mass is 566 g/mol. The van der Waals surface area contributed by atoms with E-state index in [0.717, 1.165) is 41.1 Å². The third kappa shape index (κ3) is 4.02. The topological polar surface area (TPSA) is 52.8 Å². The number of aromatic nitrogens is 4. The van der Waals surface area contributed by atoms with Crippen molar-refractivity contribution in [3.63, 3.8) is 0 Å². The maximum Gasteiger partial charge on any atom is 0.165 e. The molecular formula is C36H43FN4O.